The van der Waals surface area contributed by atoms with Gasteiger partial charge in [-0.1, -0.05) is 98.3 Å². The van der Waals surface area contributed by atoms with Crippen molar-refractivity contribution >= 4 is 0 Å². The van der Waals surface area contributed by atoms with Crippen molar-refractivity contribution in [3.05, 3.63) is 0 Å². The van der Waals surface area contributed by atoms with Gasteiger partial charge in [0.1, 0.15) is 0 Å². The highest BCUT2D eigenvalue weighted by atomic mass is 15.1. The van der Waals surface area contributed by atoms with Crippen molar-refractivity contribution in [2.75, 3.05) is 27.2 Å². The molecule has 4 aliphatic rings. The molecule has 0 spiro atoms. The van der Waals surface area contributed by atoms with Crippen LogP contribution in [0.2, 0.25) is 0 Å². The molecule has 2 heteroatoms. The Kier molecular flexibility index (Phi) is 18.0. The molecule has 0 aromatic carbocycles. The molecule has 0 radical (unpaired) electrons. The van der Waals surface area contributed by atoms with Gasteiger partial charge in [0.15, 0.2) is 0 Å². The summed E-state index contributed by atoms with van der Waals surface area (Å²) in [4.78, 5) is 4.86. The van der Waals surface area contributed by atoms with Crippen LogP contribution in [0.25, 0.3) is 0 Å². The Labute approximate surface area is 229 Å². The van der Waals surface area contributed by atoms with E-state index >= 15 is 0 Å². The first kappa shape index (κ1) is 33.9. The van der Waals surface area contributed by atoms with Crippen molar-refractivity contribution in [3.63, 3.8) is 0 Å². The van der Waals surface area contributed by atoms with Crippen LogP contribution in [0.1, 0.15) is 145 Å². The third-order valence-corrected chi connectivity index (χ3v) is 8.53. The standard InChI is InChI=1S/C9H19N.C9H18.C8H17N.C8H16/c1-8(2)10(3)7-6-9-4-5-9;1-8(2)4-3-5-9-6-7-9;1-7(2)9(3)6-8-4-5-8;1-7(2)3-4-8-5-6-8/h8-9H,4-7H2,1-3H3;8-9H,3-7H2,1-2H3;7-8H,4-6H2,1-3H3;7-8H,3-6H2,1-2H3. The molecule has 4 saturated carbocycles. The Morgan fingerprint density at radius 3 is 1.31 bits per heavy atom. The third-order valence-electron chi connectivity index (χ3n) is 8.53. The van der Waals surface area contributed by atoms with Gasteiger partial charge < -0.3 is 9.80 Å². The van der Waals surface area contributed by atoms with Crippen molar-refractivity contribution in [2.45, 2.75) is 157 Å². The number of rotatable bonds is 14. The molecule has 0 aliphatic heterocycles. The van der Waals surface area contributed by atoms with E-state index in [9.17, 15) is 0 Å². The van der Waals surface area contributed by atoms with Crippen LogP contribution in [0, 0.1) is 35.5 Å². The molecule has 0 bridgehead atoms. The topological polar surface area (TPSA) is 6.48 Å². The molecule has 4 rings (SSSR count). The Hall–Kier alpha value is -0.0800. The minimum atomic E-state index is 0.721. The highest BCUT2D eigenvalue weighted by Crippen LogP contribution is 2.35. The largest absolute Gasteiger partial charge is 0.304 e. The van der Waals surface area contributed by atoms with E-state index in [4.69, 9.17) is 0 Å². The zero-order chi connectivity index (χ0) is 27.1. The third kappa shape index (κ3) is 23.1. The molecule has 0 saturated heterocycles. The zero-order valence-electron chi connectivity index (χ0n) is 26.8. The van der Waals surface area contributed by atoms with Crippen molar-refractivity contribution in [3.8, 4) is 0 Å². The van der Waals surface area contributed by atoms with Gasteiger partial charge in [0.2, 0.25) is 0 Å². The smallest absolute Gasteiger partial charge is 0.00356 e. The molecular formula is C34H70N2. The van der Waals surface area contributed by atoms with Gasteiger partial charge in [-0.2, -0.15) is 0 Å². The van der Waals surface area contributed by atoms with Crippen LogP contribution in [-0.2, 0) is 0 Å². The molecule has 36 heavy (non-hydrogen) atoms. The van der Waals surface area contributed by atoms with Crippen molar-refractivity contribution < 1.29 is 0 Å². The van der Waals surface area contributed by atoms with E-state index in [-0.39, 0.29) is 0 Å². The number of hydrogen-bond donors (Lipinski definition) is 0. The fourth-order valence-electron chi connectivity index (χ4n) is 4.17. The second kappa shape index (κ2) is 19.1. The predicted octanol–water partition coefficient (Wildman–Crippen LogP) is 9.92. The van der Waals surface area contributed by atoms with Gasteiger partial charge in [-0.15, -0.1) is 0 Å². The Morgan fingerprint density at radius 1 is 0.500 bits per heavy atom. The number of nitrogens with zero attached hydrogens (tertiary/aromatic N) is 2. The maximum absolute atomic E-state index is 2.43. The van der Waals surface area contributed by atoms with Crippen LogP contribution in [-0.4, -0.2) is 49.1 Å². The lowest BCUT2D eigenvalue weighted by atomic mass is 10.1. The maximum Gasteiger partial charge on any atom is 0.00356 e. The van der Waals surface area contributed by atoms with Gasteiger partial charge in [0.05, 0.1) is 0 Å². The van der Waals surface area contributed by atoms with Crippen LogP contribution in [0.15, 0.2) is 0 Å². The van der Waals surface area contributed by atoms with E-state index in [0.29, 0.717) is 0 Å². The van der Waals surface area contributed by atoms with Gasteiger partial charge in [-0.05, 0) is 103 Å². The first-order valence-electron chi connectivity index (χ1n) is 16.4. The molecule has 2 nitrogen and oxygen atoms in total. The van der Waals surface area contributed by atoms with E-state index in [1.54, 1.807) is 0 Å². The van der Waals surface area contributed by atoms with Gasteiger partial charge in [-0.3, -0.25) is 0 Å². The zero-order valence-corrected chi connectivity index (χ0v) is 26.8. The molecule has 4 fully saturated rings. The highest BCUT2D eigenvalue weighted by molar-refractivity contribution is 4.77. The SMILES string of the molecule is CC(C)CCC1CC1.CC(C)CCCC1CC1.CC(C)N(C)CC1CC1.CC(C)N(C)CCC1CC1. The summed E-state index contributed by atoms with van der Waals surface area (Å²) in [5, 5.41) is 0. The summed E-state index contributed by atoms with van der Waals surface area (Å²) in [6, 6.07) is 1.45. The fourth-order valence-corrected chi connectivity index (χ4v) is 4.17. The minimum absolute atomic E-state index is 0.721. The summed E-state index contributed by atoms with van der Waals surface area (Å²) in [6.07, 6.45) is 20.8. The van der Waals surface area contributed by atoms with Gasteiger partial charge in [0.25, 0.3) is 0 Å². The summed E-state index contributed by atoms with van der Waals surface area (Å²) in [5.74, 6) is 6.25. The summed E-state index contributed by atoms with van der Waals surface area (Å²) in [5.41, 5.74) is 0. The highest BCUT2D eigenvalue weighted by Gasteiger charge is 2.23. The summed E-state index contributed by atoms with van der Waals surface area (Å²) >= 11 is 0. The monoisotopic (exact) mass is 507 g/mol. The summed E-state index contributed by atoms with van der Waals surface area (Å²) in [7, 11) is 4.43. The van der Waals surface area contributed by atoms with E-state index in [2.05, 4.69) is 79.3 Å². The molecule has 4 aliphatic carbocycles. The van der Waals surface area contributed by atoms with E-state index in [0.717, 1.165) is 47.6 Å². The van der Waals surface area contributed by atoms with E-state index in [1.165, 1.54) is 103 Å². The summed E-state index contributed by atoms with van der Waals surface area (Å²) in [6.45, 7) is 20.9. The lowest BCUT2D eigenvalue weighted by Gasteiger charge is -2.20. The van der Waals surface area contributed by atoms with Gasteiger partial charge >= 0.3 is 0 Å². The lowest BCUT2D eigenvalue weighted by Crippen LogP contribution is -2.28. The molecular weight excluding hydrogens is 436 g/mol. The Bertz CT molecular complexity index is 491. The van der Waals surface area contributed by atoms with Gasteiger partial charge in [0, 0.05) is 18.6 Å². The normalized spacial score (nSPS) is 19.3. The van der Waals surface area contributed by atoms with E-state index < -0.39 is 0 Å². The molecule has 0 amide bonds. The molecule has 0 N–H and O–H groups in total. The predicted molar refractivity (Wildman–Crippen MR) is 164 cm³/mol. The van der Waals surface area contributed by atoms with Crippen LogP contribution < -0.4 is 0 Å². The molecule has 0 aromatic rings. The Morgan fingerprint density at radius 2 is 0.917 bits per heavy atom. The fraction of sp³-hybridized carbons (Fsp3) is 1.00. The molecule has 216 valence electrons. The molecule has 0 unspecified atom stereocenters. The van der Waals surface area contributed by atoms with E-state index in [1.807, 2.05) is 0 Å². The van der Waals surface area contributed by atoms with Crippen molar-refractivity contribution in [1.29, 1.82) is 0 Å². The van der Waals surface area contributed by atoms with Crippen LogP contribution in [0.5, 0.6) is 0 Å². The lowest BCUT2D eigenvalue weighted by molar-refractivity contribution is 0.263. The first-order chi connectivity index (χ1) is 17.0. The van der Waals surface area contributed by atoms with Crippen LogP contribution in [0.3, 0.4) is 0 Å². The summed E-state index contributed by atoms with van der Waals surface area (Å²) < 4.78 is 0. The molecule has 0 aromatic heterocycles. The number of hydrogen-bond acceptors (Lipinski definition) is 2. The maximum atomic E-state index is 2.43. The Balaban J connectivity index is 0.000000241. The minimum Gasteiger partial charge on any atom is -0.304 e. The quantitative estimate of drug-likeness (QED) is 0.231. The van der Waals surface area contributed by atoms with Crippen molar-refractivity contribution in [2.24, 2.45) is 35.5 Å². The van der Waals surface area contributed by atoms with Crippen LogP contribution >= 0.6 is 0 Å². The average molecular weight is 507 g/mol. The molecule has 0 atom stereocenters. The van der Waals surface area contributed by atoms with Crippen LogP contribution in [0.4, 0.5) is 0 Å². The second-order valence-electron chi connectivity index (χ2n) is 14.5. The van der Waals surface area contributed by atoms with Crippen molar-refractivity contribution in [1.82, 2.24) is 9.80 Å². The second-order valence-corrected chi connectivity index (χ2v) is 14.5. The average Bonchev–Trinajstić information content (AvgIpc) is 3.63. The van der Waals surface area contributed by atoms with Gasteiger partial charge in [-0.25, -0.2) is 0 Å². The molecule has 0 heterocycles. The first-order valence-corrected chi connectivity index (χ1v) is 16.4.